The highest BCUT2D eigenvalue weighted by Crippen LogP contribution is 2.20. The SMILES string of the molecule is CC(C)C1CC(NCc2nccs2)CCO1. The second-order valence-corrected chi connectivity index (χ2v) is 5.66. The van der Waals surface area contributed by atoms with Crippen molar-refractivity contribution in [2.75, 3.05) is 6.61 Å². The first-order valence-electron chi connectivity index (χ1n) is 5.99. The van der Waals surface area contributed by atoms with E-state index >= 15 is 0 Å². The summed E-state index contributed by atoms with van der Waals surface area (Å²) in [5.74, 6) is 0.615. The number of nitrogens with one attached hydrogen (secondary N) is 1. The van der Waals surface area contributed by atoms with Crippen LogP contribution in [-0.2, 0) is 11.3 Å². The number of hydrogen-bond acceptors (Lipinski definition) is 4. The van der Waals surface area contributed by atoms with Crippen LogP contribution >= 0.6 is 11.3 Å². The van der Waals surface area contributed by atoms with Gasteiger partial charge in [0, 0.05) is 30.8 Å². The van der Waals surface area contributed by atoms with Crippen LogP contribution in [0, 0.1) is 5.92 Å². The van der Waals surface area contributed by atoms with Crippen molar-refractivity contribution in [1.82, 2.24) is 10.3 Å². The number of thiazole rings is 1. The van der Waals surface area contributed by atoms with Crippen molar-refractivity contribution in [3.05, 3.63) is 16.6 Å². The fourth-order valence-corrected chi connectivity index (χ4v) is 2.62. The van der Waals surface area contributed by atoms with Crippen LogP contribution in [0.2, 0.25) is 0 Å². The Balaban J connectivity index is 1.77. The lowest BCUT2D eigenvalue weighted by molar-refractivity contribution is -0.0245. The Hall–Kier alpha value is -0.450. The third-order valence-corrected chi connectivity index (χ3v) is 3.86. The lowest BCUT2D eigenvalue weighted by Crippen LogP contribution is -2.40. The zero-order valence-corrected chi connectivity index (χ0v) is 10.8. The van der Waals surface area contributed by atoms with Gasteiger partial charge in [-0.25, -0.2) is 4.98 Å². The molecule has 1 aromatic rings. The van der Waals surface area contributed by atoms with Crippen LogP contribution < -0.4 is 5.32 Å². The molecule has 2 heterocycles. The minimum Gasteiger partial charge on any atom is -0.378 e. The Bertz CT molecular complexity index is 300. The second-order valence-electron chi connectivity index (χ2n) is 4.68. The zero-order valence-electron chi connectivity index (χ0n) is 9.98. The molecule has 2 rings (SSSR count). The van der Waals surface area contributed by atoms with Gasteiger partial charge in [0.15, 0.2) is 0 Å². The number of nitrogens with zero attached hydrogens (tertiary/aromatic N) is 1. The molecule has 0 radical (unpaired) electrons. The van der Waals surface area contributed by atoms with E-state index in [1.807, 2.05) is 11.6 Å². The minimum atomic E-state index is 0.419. The maximum atomic E-state index is 5.75. The Kier molecular flexibility index (Phi) is 4.32. The standard InChI is InChI=1S/C12H20N2OS/c1-9(2)11-7-10(3-5-15-11)14-8-12-13-4-6-16-12/h4,6,9-11,14H,3,5,7-8H2,1-2H3. The van der Waals surface area contributed by atoms with Gasteiger partial charge in [-0.05, 0) is 18.8 Å². The zero-order chi connectivity index (χ0) is 11.4. The van der Waals surface area contributed by atoms with Crippen molar-refractivity contribution >= 4 is 11.3 Å². The van der Waals surface area contributed by atoms with E-state index < -0.39 is 0 Å². The Labute approximate surface area is 101 Å². The molecule has 1 N–H and O–H groups in total. The normalized spacial score (nSPS) is 26.2. The van der Waals surface area contributed by atoms with Crippen LogP contribution in [0.1, 0.15) is 31.7 Å². The van der Waals surface area contributed by atoms with Gasteiger partial charge in [-0.3, -0.25) is 0 Å². The Morgan fingerprint density at radius 2 is 2.50 bits per heavy atom. The van der Waals surface area contributed by atoms with Crippen LogP contribution in [-0.4, -0.2) is 23.7 Å². The summed E-state index contributed by atoms with van der Waals surface area (Å²) in [5.41, 5.74) is 0. The largest absolute Gasteiger partial charge is 0.378 e. The fraction of sp³-hybridized carbons (Fsp3) is 0.750. The third kappa shape index (κ3) is 3.27. The van der Waals surface area contributed by atoms with E-state index in [4.69, 9.17) is 4.74 Å². The van der Waals surface area contributed by atoms with Gasteiger partial charge in [-0.1, -0.05) is 13.8 Å². The molecule has 3 nitrogen and oxygen atoms in total. The minimum absolute atomic E-state index is 0.419. The predicted octanol–water partition coefficient (Wildman–Crippen LogP) is 2.44. The molecule has 0 amide bonds. The molecule has 0 bridgehead atoms. The molecule has 90 valence electrons. The van der Waals surface area contributed by atoms with E-state index in [0.29, 0.717) is 18.1 Å². The number of aromatic nitrogens is 1. The van der Waals surface area contributed by atoms with Gasteiger partial charge in [-0.15, -0.1) is 11.3 Å². The van der Waals surface area contributed by atoms with Crippen molar-refractivity contribution < 1.29 is 4.74 Å². The summed E-state index contributed by atoms with van der Waals surface area (Å²) in [4.78, 5) is 4.28. The van der Waals surface area contributed by atoms with E-state index in [9.17, 15) is 0 Å². The molecule has 1 aliphatic rings. The van der Waals surface area contributed by atoms with Gasteiger partial charge in [0.25, 0.3) is 0 Å². The average molecular weight is 240 g/mol. The number of hydrogen-bond donors (Lipinski definition) is 1. The van der Waals surface area contributed by atoms with Gasteiger partial charge >= 0.3 is 0 Å². The van der Waals surface area contributed by atoms with E-state index in [1.165, 1.54) is 5.01 Å². The maximum Gasteiger partial charge on any atom is 0.106 e. The van der Waals surface area contributed by atoms with E-state index in [-0.39, 0.29) is 0 Å². The molecule has 2 unspecified atom stereocenters. The summed E-state index contributed by atoms with van der Waals surface area (Å²) in [6.45, 7) is 6.24. The van der Waals surface area contributed by atoms with Gasteiger partial charge in [0.2, 0.25) is 0 Å². The van der Waals surface area contributed by atoms with E-state index in [0.717, 1.165) is 26.0 Å². The first-order chi connectivity index (χ1) is 7.75. The number of rotatable bonds is 4. The lowest BCUT2D eigenvalue weighted by atomic mass is 9.95. The molecule has 0 spiro atoms. The molecule has 0 aliphatic carbocycles. The molecular weight excluding hydrogens is 220 g/mol. The summed E-state index contributed by atoms with van der Waals surface area (Å²) in [5, 5.41) is 6.78. The highest BCUT2D eigenvalue weighted by molar-refractivity contribution is 7.09. The molecule has 1 saturated heterocycles. The summed E-state index contributed by atoms with van der Waals surface area (Å²) < 4.78 is 5.75. The van der Waals surface area contributed by atoms with Crippen molar-refractivity contribution in [3.63, 3.8) is 0 Å². The van der Waals surface area contributed by atoms with Gasteiger partial charge in [-0.2, -0.15) is 0 Å². The first-order valence-corrected chi connectivity index (χ1v) is 6.87. The van der Waals surface area contributed by atoms with Gasteiger partial charge in [0.05, 0.1) is 6.10 Å². The van der Waals surface area contributed by atoms with Crippen LogP contribution in [0.5, 0.6) is 0 Å². The molecule has 0 aromatic carbocycles. The monoisotopic (exact) mass is 240 g/mol. The highest BCUT2D eigenvalue weighted by atomic mass is 32.1. The quantitative estimate of drug-likeness (QED) is 0.877. The smallest absolute Gasteiger partial charge is 0.106 e. The predicted molar refractivity (Wildman–Crippen MR) is 66.6 cm³/mol. The lowest BCUT2D eigenvalue weighted by Gasteiger charge is -2.32. The summed E-state index contributed by atoms with van der Waals surface area (Å²) in [7, 11) is 0. The van der Waals surface area contributed by atoms with Gasteiger partial charge in [0.1, 0.15) is 5.01 Å². The molecule has 1 aromatic heterocycles. The summed E-state index contributed by atoms with van der Waals surface area (Å²) >= 11 is 1.71. The van der Waals surface area contributed by atoms with Crippen LogP contribution in [0.15, 0.2) is 11.6 Å². The van der Waals surface area contributed by atoms with Crippen LogP contribution in [0.3, 0.4) is 0 Å². The van der Waals surface area contributed by atoms with Crippen molar-refractivity contribution in [1.29, 1.82) is 0 Å². The molecule has 2 atom stereocenters. The second kappa shape index (κ2) is 5.75. The van der Waals surface area contributed by atoms with Crippen molar-refractivity contribution in [3.8, 4) is 0 Å². The topological polar surface area (TPSA) is 34.2 Å². The molecular formula is C12H20N2OS. The maximum absolute atomic E-state index is 5.75. The summed E-state index contributed by atoms with van der Waals surface area (Å²) in [6, 6.07) is 0.588. The molecule has 16 heavy (non-hydrogen) atoms. The van der Waals surface area contributed by atoms with E-state index in [2.05, 4.69) is 24.1 Å². The molecule has 0 saturated carbocycles. The van der Waals surface area contributed by atoms with E-state index in [1.54, 1.807) is 11.3 Å². The highest BCUT2D eigenvalue weighted by Gasteiger charge is 2.24. The Morgan fingerprint density at radius 1 is 1.62 bits per heavy atom. The third-order valence-electron chi connectivity index (χ3n) is 3.08. The molecule has 4 heteroatoms. The van der Waals surface area contributed by atoms with Gasteiger partial charge < -0.3 is 10.1 Å². The summed E-state index contributed by atoms with van der Waals surface area (Å²) in [6.07, 6.45) is 4.53. The fourth-order valence-electron chi connectivity index (χ4n) is 2.05. The average Bonchev–Trinajstić information content (AvgIpc) is 2.79. The molecule has 1 aliphatic heterocycles. The first kappa shape index (κ1) is 12.0. The Morgan fingerprint density at radius 3 is 3.19 bits per heavy atom. The van der Waals surface area contributed by atoms with Crippen molar-refractivity contribution in [2.24, 2.45) is 5.92 Å². The van der Waals surface area contributed by atoms with Crippen LogP contribution in [0.25, 0.3) is 0 Å². The van der Waals surface area contributed by atoms with Crippen LogP contribution in [0.4, 0.5) is 0 Å². The van der Waals surface area contributed by atoms with Crippen molar-refractivity contribution in [2.45, 2.75) is 45.4 Å². The molecule has 1 fully saturated rings. The number of ether oxygens (including phenoxy) is 1.